The van der Waals surface area contributed by atoms with Crippen molar-refractivity contribution in [2.24, 2.45) is 11.8 Å². The average Bonchev–Trinajstić information content (AvgIpc) is 2.30. The highest BCUT2D eigenvalue weighted by atomic mass is 14.8. The molecule has 2 rings (SSSR count). The Hall–Kier alpha value is -0.980. The zero-order valence-electron chi connectivity index (χ0n) is 11.6. The van der Waals surface area contributed by atoms with Crippen LogP contribution < -0.4 is 5.32 Å². The molecule has 0 aromatic carbocycles. The number of allylic oxidation sites excluding steroid dienone is 4. The lowest BCUT2D eigenvalue weighted by Gasteiger charge is -2.31. The molecule has 0 saturated carbocycles. The van der Waals surface area contributed by atoms with Gasteiger partial charge in [-0.15, -0.1) is 0 Å². The van der Waals surface area contributed by atoms with E-state index >= 15 is 0 Å². The first kappa shape index (κ1) is 12.5. The molecule has 1 nitrogen and oxygen atoms in total. The van der Waals surface area contributed by atoms with Gasteiger partial charge in [-0.25, -0.2) is 0 Å². The molecule has 0 aromatic rings. The van der Waals surface area contributed by atoms with E-state index in [4.69, 9.17) is 0 Å². The third kappa shape index (κ3) is 2.65. The molecule has 17 heavy (non-hydrogen) atoms. The Kier molecular flexibility index (Phi) is 3.76. The number of dihydropyridines is 1. The fourth-order valence-corrected chi connectivity index (χ4v) is 2.92. The maximum Gasteiger partial charge on any atom is 0.0331 e. The second-order valence-corrected chi connectivity index (χ2v) is 5.86. The van der Waals surface area contributed by atoms with E-state index in [0.717, 1.165) is 18.4 Å². The predicted molar refractivity (Wildman–Crippen MR) is 74.7 cm³/mol. The van der Waals surface area contributed by atoms with E-state index in [9.17, 15) is 0 Å². The Balaban J connectivity index is 2.24. The van der Waals surface area contributed by atoms with Gasteiger partial charge < -0.3 is 5.32 Å². The zero-order chi connectivity index (χ0) is 12.4. The third-order valence-electron chi connectivity index (χ3n) is 4.34. The maximum absolute atomic E-state index is 3.35. The number of hydrogen-bond donors (Lipinski definition) is 1. The van der Waals surface area contributed by atoms with Crippen LogP contribution in [-0.4, -0.2) is 6.54 Å². The molecule has 94 valence electrons. The van der Waals surface area contributed by atoms with E-state index in [1.807, 2.05) is 0 Å². The highest BCUT2D eigenvalue weighted by Gasteiger charge is 2.24. The van der Waals surface area contributed by atoms with E-state index in [1.165, 1.54) is 30.4 Å². The summed E-state index contributed by atoms with van der Waals surface area (Å²) < 4.78 is 0. The van der Waals surface area contributed by atoms with Crippen LogP contribution in [0.2, 0.25) is 0 Å². The van der Waals surface area contributed by atoms with Gasteiger partial charge in [-0.1, -0.05) is 25.5 Å². The van der Waals surface area contributed by atoms with Gasteiger partial charge in [0.25, 0.3) is 0 Å². The van der Waals surface area contributed by atoms with Gasteiger partial charge in [0.05, 0.1) is 0 Å². The minimum absolute atomic E-state index is 0.805. The normalized spacial score (nSPS) is 25.6. The summed E-state index contributed by atoms with van der Waals surface area (Å²) in [5, 5.41) is 3.35. The van der Waals surface area contributed by atoms with Crippen LogP contribution in [0.1, 0.15) is 47.0 Å². The largest absolute Gasteiger partial charge is 0.387 e. The van der Waals surface area contributed by atoms with Crippen molar-refractivity contribution in [3.8, 4) is 0 Å². The molecule has 1 heteroatoms. The first-order chi connectivity index (χ1) is 8.09. The van der Waals surface area contributed by atoms with Crippen molar-refractivity contribution in [3.63, 3.8) is 0 Å². The van der Waals surface area contributed by atoms with Crippen LogP contribution in [0.4, 0.5) is 0 Å². The Morgan fingerprint density at radius 3 is 2.71 bits per heavy atom. The van der Waals surface area contributed by atoms with Crippen LogP contribution in [0.15, 0.2) is 34.6 Å². The Labute approximate surface area is 106 Å². The first-order valence-electron chi connectivity index (χ1n) is 6.89. The van der Waals surface area contributed by atoms with Gasteiger partial charge in [0.15, 0.2) is 0 Å². The summed E-state index contributed by atoms with van der Waals surface area (Å²) in [5.41, 5.74) is 6.11. The highest BCUT2D eigenvalue weighted by Crippen LogP contribution is 2.38. The lowest BCUT2D eigenvalue weighted by atomic mass is 9.75. The zero-order valence-corrected chi connectivity index (χ0v) is 11.6. The summed E-state index contributed by atoms with van der Waals surface area (Å²) in [5.74, 6) is 1.67. The van der Waals surface area contributed by atoms with Crippen LogP contribution in [0.3, 0.4) is 0 Å². The van der Waals surface area contributed by atoms with Crippen molar-refractivity contribution >= 4 is 0 Å². The van der Waals surface area contributed by atoms with Gasteiger partial charge in [-0.3, -0.25) is 0 Å². The van der Waals surface area contributed by atoms with E-state index in [2.05, 4.69) is 45.3 Å². The second-order valence-electron chi connectivity index (χ2n) is 5.86. The Bertz CT molecular complexity index is 382. The molecule has 0 amide bonds. The molecule has 1 aliphatic heterocycles. The minimum Gasteiger partial charge on any atom is -0.387 e. The maximum atomic E-state index is 3.35. The molecule has 0 radical (unpaired) electrons. The summed E-state index contributed by atoms with van der Waals surface area (Å²) in [7, 11) is 0. The summed E-state index contributed by atoms with van der Waals surface area (Å²) in [4.78, 5) is 0. The SMILES string of the molecule is CC1=CCNC=C1C1=C(C)CCC(C(C)C)C1. The molecule has 0 saturated heterocycles. The molecule has 0 spiro atoms. The lowest BCUT2D eigenvalue weighted by Crippen LogP contribution is -2.19. The summed E-state index contributed by atoms with van der Waals surface area (Å²) in [6.07, 6.45) is 8.44. The summed E-state index contributed by atoms with van der Waals surface area (Å²) in [6.45, 7) is 10.3. The average molecular weight is 231 g/mol. The van der Waals surface area contributed by atoms with Crippen molar-refractivity contribution in [1.82, 2.24) is 5.32 Å². The molecule has 0 bridgehead atoms. The molecule has 1 unspecified atom stereocenters. The topological polar surface area (TPSA) is 12.0 Å². The molecular formula is C16H25N. The number of hydrogen-bond acceptors (Lipinski definition) is 1. The highest BCUT2D eigenvalue weighted by molar-refractivity contribution is 5.49. The van der Waals surface area contributed by atoms with Crippen LogP contribution in [-0.2, 0) is 0 Å². The van der Waals surface area contributed by atoms with E-state index in [1.54, 1.807) is 11.1 Å². The van der Waals surface area contributed by atoms with Gasteiger partial charge >= 0.3 is 0 Å². The van der Waals surface area contributed by atoms with Gasteiger partial charge in [0.1, 0.15) is 0 Å². The van der Waals surface area contributed by atoms with Gasteiger partial charge in [-0.2, -0.15) is 0 Å². The van der Waals surface area contributed by atoms with Gasteiger partial charge in [0.2, 0.25) is 0 Å². The fraction of sp³-hybridized carbons (Fsp3) is 0.625. The molecular weight excluding hydrogens is 206 g/mol. The van der Waals surface area contributed by atoms with E-state index in [0.29, 0.717) is 0 Å². The molecule has 1 N–H and O–H groups in total. The predicted octanol–water partition coefficient (Wildman–Crippen LogP) is 4.19. The lowest BCUT2D eigenvalue weighted by molar-refractivity contribution is 0.343. The monoisotopic (exact) mass is 231 g/mol. The van der Waals surface area contributed by atoms with E-state index < -0.39 is 0 Å². The third-order valence-corrected chi connectivity index (χ3v) is 4.34. The van der Waals surface area contributed by atoms with Crippen LogP contribution in [0.25, 0.3) is 0 Å². The van der Waals surface area contributed by atoms with Crippen LogP contribution in [0, 0.1) is 11.8 Å². The molecule has 1 heterocycles. The summed E-state index contributed by atoms with van der Waals surface area (Å²) in [6, 6.07) is 0. The molecule has 0 fully saturated rings. The van der Waals surface area contributed by atoms with Crippen LogP contribution >= 0.6 is 0 Å². The fourth-order valence-electron chi connectivity index (χ4n) is 2.92. The van der Waals surface area contributed by atoms with Crippen LogP contribution in [0.5, 0.6) is 0 Å². The smallest absolute Gasteiger partial charge is 0.0331 e. The summed E-state index contributed by atoms with van der Waals surface area (Å²) >= 11 is 0. The van der Waals surface area contributed by atoms with E-state index in [-0.39, 0.29) is 0 Å². The second kappa shape index (κ2) is 5.12. The molecule has 2 aliphatic rings. The van der Waals surface area contributed by atoms with Crippen molar-refractivity contribution in [3.05, 3.63) is 34.6 Å². The molecule has 0 aromatic heterocycles. The Morgan fingerprint density at radius 2 is 2.06 bits per heavy atom. The number of rotatable bonds is 2. The van der Waals surface area contributed by atoms with Crippen molar-refractivity contribution in [2.45, 2.75) is 47.0 Å². The first-order valence-corrected chi connectivity index (χ1v) is 6.89. The standard InChI is InChI=1S/C16H25N/c1-11(2)14-6-5-12(3)15(9-14)16-10-17-8-7-13(16)4/h7,10-11,14,17H,5-6,8-9H2,1-4H3. The number of nitrogens with one attached hydrogen (secondary N) is 1. The van der Waals surface area contributed by atoms with Crippen molar-refractivity contribution < 1.29 is 0 Å². The van der Waals surface area contributed by atoms with Crippen molar-refractivity contribution in [2.75, 3.05) is 6.54 Å². The Morgan fingerprint density at radius 1 is 1.29 bits per heavy atom. The van der Waals surface area contributed by atoms with Gasteiger partial charge in [-0.05, 0) is 61.7 Å². The van der Waals surface area contributed by atoms with Crippen molar-refractivity contribution in [1.29, 1.82) is 0 Å². The minimum atomic E-state index is 0.805. The molecule has 1 atom stereocenters. The molecule has 1 aliphatic carbocycles. The quantitative estimate of drug-likeness (QED) is 0.751. The van der Waals surface area contributed by atoms with Gasteiger partial charge in [0, 0.05) is 12.7 Å².